The molecule has 1 rings (SSSR count). The van der Waals surface area contributed by atoms with Crippen LogP contribution in [-0.4, -0.2) is 33.3 Å². The lowest BCUT2D eigenvalue weighted by Crippen LogP contribution is -2.13. The Balaban J connectivity index is 2.73. The summed E-state index contributed by atoms with van der Waals surface area (Å²) in [5.74, 6) is 0. The van der Waals surface area contributed by atoms with Crippen LogP contribution >= 0.6 is 0 Å². The third-order valence-electron chi connectivity index (χ3n) is 2.77. The molecule has 0 saturated heterocycles. The molecular formula is C11H22N4O2. The van der Waals surface area contributed by atoms with Gasteiger partial charge in [0.05, 0.1) is 17.9 Å². The van der Waals surface area contributed by atoms with Crippen LogP contribution in [0, 0.1) is 0 Å². The fourth-order valence-corrected chi connectivity index (χ4v) is 1.76. The number of nitrogens with zero attached hydrogens (tertiary/aromatic N) is 3. The highest BCUT2D eigenvalue weighted by molar-refractivity contribution is 5.12. The zero-order valence-corrected chi connectivity index (χ0v) is 10.8. The quantitative estimate of drug-likeness (QED) is 0.731. The number of nitrogens with two attached hydrogens (primary N) is 1. The van der Waals surface area contributed by atoms with E-state index < -0.39 is 0 Å². The lowest BCUT2D eigenvalue weighted by Gasteiger charge is -2.13. The van der Waals surface area contributed by atoms with Crippen LogP contribution in [0.3, 0.4) is 0 Å². The Labute approximate surface area is 102 Å². The first-order valence-corrected chi connectivity index (χ1v) is 5.93. The third-order valence-corrected chi connectivity index (χ3v) is 2.77. The fourth-order valence-electron chi connectivity index (χ4n) is 1.76. The molecule has 0 spiro atoms. The minimum Gasteiger partial charge on any atom is -0.393 e. The van der Waals surface area contributed by atoms with Crippen molar-refractivity contribution in [3.63, 3.8) is 0 Å². The van der Waals surface area contributed by atoms with Gasteiger partial charge in [-0.05, 0) is 26.7 Å². The smallest absolute Gasteiger partial charge is 0.102 e. The number of aliphatic hydroxyl groups excluding tert-OH is 1. The summed E-state index contributed by atoms with van der Waals surface area (Å²) in [7, 11) is 1.65. The van der Waals surface area contributed by atoms with Crippen molar-refractivity contribution in [3.8, 4) is 0 Å². The predicted octanol–water partition coefficient (Wildman–Crippen LogP) is 0.605. The fraction of sp³-hybridized carbons (Fsp3) is 0.818. The van der Waals surface area contributed by atoms with E-state index in [0.29, 0.717) is 6.54 Å². The molecule has 0 bridgehead atoms. The summed E-state index contributed by atoms with van der Waals surface area (Å²) >= 11 is 0. The summed E-state index contributed by atoms with van der Waals surface area (Å²) < 4.78 is 7.12. The van der Waals surface area contributed by atoms with Crippen molar-refractivity contribution in [1.82, 2.24) is 15.0 Å². The topological polar surface area (TPSA) is 86.2 Å². The van der Waals surface area contributed by atoms with E-state index in [2.05, 4.69) is 10.3 Å². The highest BCUT2D eigenvalue weighted by Crippen LogP contribution is 2.19. The van der Waals surface area contributed by atoms with Crippen molar-refractivity contribution >= 4 is 0 Å². The molecule has 1 aromatic rings. The zero-order valence-electron chi connectivity index (χ0n) is 10.8. The van der Waals surface area contributed by atoms with Gasteiger partial charge in [-0.1, -0.05) is 5.21 Å². The van der Waals surface area contributed by atoms with Gasteiger partial charge < -0.3 is 15.6 Å². The van der Waals surface area contributed by atoms with Crippen molar-refractivity contribution in [2.45, 2.75) is 52.0 Å². The standard InChI is InChI=1S/C11H22N4O2/c1-8(16)5-4-6-15-11(9(2)17-3)10(7-12)13-14-15/h8-9,16H,4-7,12H2,1-3H3. The number of ether oxygens (including phenoxy) is 1. The van der Waals surface area contributed by atoms with Crippen molar-refractivity contribution in [3.05, 3.63) is 11.4 Å². The van der Waals surface area contributed by atoms with E-state index >= 15 is 0 Å². The van der Waals surface area contributed by atoms with Gasteiger partial charge in [-0.15, -0.1) is 5.10 Å². The SMILES string of the molecule is COC(C)c1c(CN)nnn1CCCC(C)O. The first-order chi connectivity index (χ1) is 8.10. The van der Waals surface area contributed by atoms with E-state index in [1.807, 2.05) is 11.6 Å². The lowest BCUT2D eigenvalue weighted by atomic mass is 10.2. The van der Waals surface area contributed by atoms with Crippen LogP contribution in [0.5, 0.6) is 0 Å². The van der Waals surface area contributed by atoms with Crippen molar-refractivity contribution in [2.24, 2.45) is 5.73 Å². The first-order valence-electron chi connectivity index (χ1n) is 5.93. The van der Waals surface area contributed by atoms with Crippen LogP contribution < -0.4 is 5.73 Å². The Morgan fingerprint density at radius 2 is 2.18 bits per heavy atom. The summed E-state index contributed by atoms with van der Waals surface area (Å²) in [5.41, 5.74) is 7.33. The number of methoxy groups -OCH3 is 1. The van der Waals surface area contributed by atoms with Crippen LogP contribution in [-0.2, 0) is 17.8 Å². The molecule has 0 radical (unpaired) electrons. The largest absolute Gasteiger partial charge is 0.393 e. The van der Waals surface area contributed by atoms with Gasteiger partial charge in [-0.3, -0.25) is 0 Å². The lowest BCUT2D eigenvalue weighted by molar-refractivity contribution is 0.110. The molecule has 0 aliphatic rings. The predicted molar refractivity (Wildman–Crippen MR) is 64.3 cm³/mol. The molecule has 0 aromatic carbocycles. The van der Waals surface area contributed by atoms with Crippen LogP contribution in [0.2, 0.25) is 0 Å². The van der Waals surface area contributed by atoms with Gasteiger partial charge in [0, 0.05) is 20.2 Å². The number of rotatable bonds is 7. The Bertz CT molecular complexity index is 338. The van der Waals surface area contributed by atoms with Crippen LogP contribution in [0.4, 0.5) is 0 Å². The van der Waals surface area contributed by atoms with Crippen molar-refractivity contribution < 1.29 is 9.84 Å². The summed E-state index contributed by atoms with van der Waals surface area (Å²) in [6, 6.07) is 0. The molecule has 3 N–H and O–H groups in total. The van der Waals surface area contributed by atoms with E-state index in [4.69, 9.17) is 10.5 Å². The molecule has 0 fully saturated rings. The molecule has 6 heteroatoms. The second-order valence-electron chi connectivity index (χ2n) is 4.22. The van der Waals surface area contributed by atoms with Crippen molar-refractivity contribution in [2.75, 3.05) is 7.11 Å². The third kappa shape index (κ3) is 3.76. The average Bonchev–Trinajstić information content (AvgIpc) is 2.70. The maximum Gasteiger partial charge on any atom is 0.102 e. The molecule has 0 aliphatic carbocycles. The Morgan fingerprint density at radius 1 is 1.47 bits per heavy atom. The number of aliphatic hydroxyl groups is 1. The number of aromatic nitrogens is 3. The summed E-state index contributed by atoms with van der Waals surface area (Å²) in [6.45, 7) is 4.81. The summed E-state index contributed by atoms with van der Waals surface area (Å²) in [4.78, 5) is 0. The van der Waals surface area contributed by atoms with Crippen LogP contribution in [0.25, 0.3) is 0 Å². The first kappa shape index (κ1) is 14.1. The Kier molecular flexibility index (Phi) is 5.54. The molecule has 98 valence electrons. The second kappa shape index (κ2) is 6.68. The minimum absolute atomic E-state index is 0.0740. The molecule has 17 heavy (non-hydrogen) atoms. The van der Waals surface area contributed by atoms with E-state index in [0.717, 1.165) is 30.8 Å². The minimum atomic E-state index is -0.282. The average molecular weight is 242 g/mol. The van der Waals surface area contributed by atoms with E-state index in [1.165, 1.54) is 0 Å². The van der Waals surface area contributed by atoms with E-state index in [1.54, 1.807) is 14.0 Å². The zero-order chi connectivity index (χ0) is 12.8. The molecule has 0 amide bonds. The highest BCUT2D eigenvalue weighted by Gasteiger charge is 2.17. The maximum atomic E-state index is 9.22. The van der Waals surface area contributed by atoms with Crippen LogP contribution in [0.15, 0.2) is 0 Å². The molecular weight excluding hydrogens is 220 g/mol. The monoisotopic (exact) mass is 242 g/mol. The molecule has 1 heterocycles. The summed E-state index contributed by atoms with van der Waals surface area (Å²) in [6.07, 6.45) is 1.25. The molecule has 0 aliphatic heterocycles. The van der Waals surface area contributed by atoms with Gasteiger partial charge in [0.15, 0.2) is 0 Å². The van der Waals surface area contributed by atoms with Crippen molar-refractivity contribution in [1.29, 1.82) is 0 Å². The van der Waals surface area contributed by atoms with Gasteiger partial charge in [0.1, 0.15) is 5.69 Å². The maximum absolute atomic E-state index is 9.22. The van der Waals surface area contributed by atoms with Gasteiger partial charge >= 0.3 is 0 Å². The number of hydrogen-bond donors (Lipinski definition) is 2. The van der Waals surface area contributed by atoms with Gasteiger partial charge in [0.25, 0.3) is 0 Å². The number of hydrogen-bond acceptors (Lipinski definition) is 5. The molecule has 2 atom stereocenters. The van der Waals surface area contributed by atoms with Gasteiger partial charge in [0.2, 0.25) is 0 Å². The Hall–Kier alpha value is -0.980. The molecule has 2 unspecified atom stereocenters. The highest BCUT2D eigenvalue weighted by atomic mass is 16.5. The van der Waals surface area contributed by atoms with E-state index in [-0.39, 0.29) is 12.2 Å². The number of aryl methyl sites for hydroxylation is 1. The normalized spacial score (nSPS) is 14.9. The molecule has 6 nitrogen and oxygen atoms in total. The second-order valence-corrected chi connectivity index (χ2v) is 4.22. The van der Waals surface area contributed by atoms with Gasteiger partial charge in [-0.2, -0.15) is 0 Å². The van der Waals surface area contributed by atoms with E-state index in [9.17, 15) is 5.11 Å². The molecule has 0 saturated carbocycles. The van der Waals surface area contributed by atoms with Crippen LogP contribution in [0.1, 0.15) is 44.2 Å². The Morgan fingerprint density at radius 3 is 2.71 bits per heavy atom. The van der Waals surface area contributed by atoms with Gasteiger partial charge in [-0.25, -0.2) is 4.68 Å². The summed E-state index contributed by atoms with van der Waals surface area (Å²) in [5, 5.41) is 17.3. The molecule has 1 aromatic heterocycles.